The van der Waals surface area contributed by atoms with E-state index in [1.807, 2.05) is 30.3 Å². The second-order valence-electron chi connectivity index (χ2n) is 6.12. The third kappa shape index (κ3) is 3.47. The van der Waals surface area contributed by atoms with Gasteiger partial charge < -0.3 is 10.2 Å². The van der Waals surface area contributed by atoms with Crippen LogP contribution in [0.15, 0.2) is 30.3 Å². The summed E-state index contributed by atoms with van der Waals surface area (Å²) in [6.45, 7) is 0. The van der Waals surface area contributed by atoms with Crippen molar-refractivity contribution in [3.63, 3.8) is 0 Å². The lowest BCUT2D eigenvalue weighted by molar-refractivity contribution is -0.117. The molecule has 2 atom stereocenters. The first-order valence-electron chi connectivity index (χ1n) is 7.58. The van der Waals surface area contributed by atoms with E-state index in [0.29, 0.717) is 23.1 Å². The summed E-state index contributed by atoms with van der Waals surface area (Å²) in [6, 6.07) is 9.10. The van der Waals surface area contributed by atoms with Gasteiger partial charge in [0.25, 0.3) is 0 Å². The van der Waals surface area contributed by atoms with E-state index in [1.54, 1.807) is 6.08 Å². The number of hydrogen-bond donors (Lipinski definition) is 1. The van der Waals surface area contributed by atoms with Crippen LogP contribution in [0.4, 0.5) is 0 Å². The zero-order valence-electron chi connectivity index (χ0n) is 12.3. The van der Waals surface area contributed by atoms with Crippen LogP contribution in [0.1, 0.15) is 31.2 Å². The van der Waals surface area contributed by atoms with Crippen LogP contribution in [0.5, 0.6) is 0 Å². The first-order valence-corrected chi connectivity index (χ1v) is 7.95. The van der Waals surface area contributed by atoms with Gasteiger partial charge in [-0.1, -0.05) is 23.7 Å². The molecule has 0 spiro atoms. The average Bonchev–Trinajstić information content (AvgIpc) is 2.68. The summed E-state index contributed by atoms with van der Waals surface area (Å²) < 4.78 is 0. The molecule has 1 aromatic rings. The maximum atomic E-state index is 12.0. The zero-order valence-corrected chi connectivity index (χ0v) is 13.0. The van der Waals surface area contributed by atoms with Crippen molar-refractivity contribution in [3.05, 3.63) is 40.9 Å². The van der Waals surface area contributed by atoms with Gasteiger partial charge in [-0.05, 0) is 56.5 Å². The van der Waals surface area contributed by atoms with E-state index in [9.17, 15) is 4.79 Å². The van der Waals surface area contributed by atoms with Crippen LogP contribution in [0, 0.1) is 0 Å². The minimum Gasteiger partial charge on any atom is -0.350 e. The Morgan fingerprint density at radius 1 is 1.33 bits per heavy atom. The van der Waals surface area contributed by atoms with Crippen LogP contribution in [0.2, 0.25) is 5.02 Å². The summed E-state index contributed by atoms with van der Waals surface area (Å²) in [4.78, 5) is 14.5. The maximum Gasteiger partial charge on any atom is 0.244 e. The van der Waals surface area contributed by atoms with Gasteiger partial charge in [-0.15, -0.1) is 0 Å². The van der Waals surface area contributed by atoms with Crippen molar-refractivity contribution in [1.82, 2.24) is 10.2 Å². The summed E-state index contributed by atoms with van der Waals surface area (Å²) in [6.07, 6.45) is 8.10. The van der Waals surface area contributed by atoms with Crippen LogP contribution in [-0.4, -0.2) is 36.0 Å². The molecule has 0 aliphatic carbocycles. The Morgan fingerprint density at radius 3 is 2.71 bits per heavy atom. The first kappa shape index (κ1) is 14.6. The molecule has 3 rings (SSSR count). The Morgan fingerprint density at radius 2 is 2.05 bits per heavy atom. The number of hydrogen-bond acceptors (Lipinski definition) is 2. The molecular formula is C17H21ClN2O. The van der Waals surface area contributed by atoms with E-state index in [1.165, 1.54) is 12.8 Å². The molecule has 0 radical (unpaired) electrons. The fourth-order valence-electron chi connectivity index (χ4n) is 3.56. The number of benzene rings is 1. The lowest BCUT2D eigenvalue weighted by Gasteiger charge is -2.36. The maximum absolute atomic E-state index is 12.0. The van der Waals surface area contributed by atoms with Crippen molar-refractivity contribution in [3.8, 4) is 0 Å². The second kappa shape index (κ2) is 6.20. The van der Waals surface area contributed by atoms with E-state index < -0.39 is 0 Å². The van der Waals surface area contributed by atoms with E-state index in [-0.39, 0.29) is 5.91 Å². The molecule has 2 aliphatic heterocycles. The van der Waals surface area contributed by atoms with Crippen molar-refractivity contribution in [2.75, 3.05) is 7.05 Å². The molecule has 3 nitrogen and oxygen atoms in total. The van der Waals surface area contributed by atoms with Gasteiger partial charge in [0, 0.05) is 29.2 Å². The molecule has 1 N–H and O–H groups in total. The van der Waals surface area contributed by atoms with Crippen molar-refractivity contribution in [2.45, 2.75) is 43.8 Å². The molecule has 0 aromatic heterocycles. The smallest absolute Gasteiger partial charge is 0.244 e. The first-order chi connectivity index (χ1) is 10.1. The lowest BCUT2D eigenvalue weighted by atomic mass is 9.98. The van der Waals surface area contributed by atoms with Crippen LogP contribution >= 0.6 is 11.6 Å². The molecule has 2 heterocycles. The van der Waals surface area contributed by atoms with Crippen LogP contribution in [0.3, 0.4) is 0 Å². The Bertz CT molecular complexity index is 543. The zero-order chi connectivity index (χ0) is 14.8. The Balaban J connectivity index is 1.55. The molecule has 0 saturated carbocycles. The van der Waals surface area contributed by atoms with Gasteiger partial charge in [0.2, 0.25) is 5.91 Å². The Labute approximate surface area is 131 Å². The predicted octanol–water partition coefficient (Wildman–Crippen LogP) is 3.09. The van der Waals surface area contributed by atoms with Gasteiger partial charge in [0.15, 0.2) is 0 Å². The highest BCUT2D eigenvalue weighted by atomic mass is 35.5. The summed E-state index contributed by atoms with van der Waals surface area (Å²) in [5.41, 5.74) is 0.945. The summed E-state index contributed by atoms with van der Waals surface area (Å²) in [5, 5.41) is 3.82. The van der Waals surface area contributed by atoms with Gasteiger partial charge in [0.05, 0.1) is 0 Å². The van der Waals surface area contributed by atoms with Gasteiger partial charge in [-0.3, -0.25) is 4.79 Å². The summed E-state index contributed by atoms with van der Waals surface area (Å²) in [5.74, 6) is -0.0103. The molecule has 1 amide bonds. The molecule has 1 aromatic carbocycles. The Kier molecular flexibility index (Phi) is 4.32. The standard InChI is InChI=1S/C17H21ClN2O/c1-20-15-6-7-16(20)11-14(10-15)19-17(21)8-5-12-3-2-4-13(18)9-12/h2-5,8-9,14-16H,6-7,10-11H2,1H3,(H,19,21). The molecule has 2 saturated heterocycles. The Hall–Kier alpha value is -1.32. The van der Waals surface area contributed by atoms with Crippen molar-refractivity contribution < 1.29 is 4.79 Å². The minimum absolute atomic E-state index is 0.0103. The van der Waals surface area contributed by atoms with Gasteiger partial charge in [0.1, 0.15) is 0 Å². The van der Waals surface area contributed by atoms with Gasteiger partial charge in [-0.25, -0.2) is 0 Å². The third-order valence-electron chi connectivity index (χ3n) is 4.72. The number of amides is 1. The highest BCUT2D eigenvalue weighted by Gasteiger charge is 2.38. The number of nitrogens with one attached hydrogen (secondary N) is 1. The number of carbonyl (C=O) groups excluding carboxylic acids is 1. The number of halogens is 1. The lowest BCUT2D eigenvalue weighted by Crippen LogP contribution is -2.48. The molecule has 2 aliphatic rings. The molecular weight excluding hydrogens is 284 g/mol. The van der Waals surface area contributed by atoms with E-state index in [4.69, 9.17) is 11.6 Å². The SMILES string of the molecule is CN1C2CCC1CC(NC(=O)C=Cc1cccc(Cl)c1)C2. The van der Waals surface area contributed by atoms with Crippen LogP contribution in [-0.2, 0) is 4.79 Å². The number of carbonyl (C=O) groups is 1. The largest absolute Gasteiger partial charge is 0.350 e. The number of fused-ring (bicyclic) bond motifs is 2. The van der Waals surface area contributed by atoms with E-state index in [0.717, 1.165) is 18.4 Å². The fourth-order valence-corrected chi connectivity index (χ4v) is 3.76. The molecule has 4 heteroatoms. The molecule has 112 valence electrons. The van der Waals surface area contributed by atoms with Crippen molar-refractivity contribution >= 4 is 23.6 Å². The van der Waals surface area contributed by atoms with E-state index >= 15 is 0 Å². The monoisotopic (exact) mass is 304 g/mol. The highest BCUT2D eigenvalue weighted by Crippen LogP contribution is 2.34. The molecule has 2 fully saturated rings. The van der Waals surface area contributed by atoms with Gasteiger partial charge in [-0.2, -0.15) is 0 Å². The molecule has 2 unspecified atom stereocenters. The third-order valence-corrected chi connectivity index (χ3v) is 4.96. The topological polar surface area (TPSA) is 32.3 Å². The van der Waals surface area contributed by atoms with Crippen LogP contribution in [0.25, 0.3) is 6.08 Å². The van der Waals surface area contributed by atoms with Gasteiger partial charge >= 0.3 is 0 Å². The van der Waals surface area contributed by atoms with Crippen LogP contribution < -0.4 is 5.32 Å². The fraction of sp³-hybridized carbons (Fsp3) is 0.471. The molecule has 2 bridgehead atoms. The average molecular weight is 305 g/mol. The number of nitrogens with zero attached hydrogens (tertiary/aromatic N) is 1. The summed E-state index contributed by atoms with van der Waals surface area (Å²) in [7, 11) is 2.21. The molecule has 21 heavy (non-hydrogen) atoms. The normalized spacial score (nSPS) is 29.0. The summed E-state index contributed by atoms with van der Waals surface area (Å²) >= 11 is 5.93. The second-order valence-corrected chi connectivity index (χ2v) is 6.55. The van der Waals surface area contributed by atoms with Crippen molar-refractivity contribution in [1.29, 1.82) is 0 Å². The highest BCUT2D eigenvalue weighted by molar-refractivity contribution is 6.30. The number of rotatable bonds is 3. The number of piperidine rings is 1. The van der Waals surface area contributed by atoms with E-state index in [2.05, 4.69) is 17.3 Å². The quantitative estimate of drug-likeness (QED) is 0.870. The minimum atomic E-state index is -0.0103. The van der Waals surface area contributed by atoms with Crippen molar-refractivity contribution in [2.24, 2.45) is 0 Å². The predicted molar refractivity (Wildman–Crippen MR) is 86.2 cm³/mol.